The topological polar surface area (TPSA) is 40.5 Å². The molecule has 0 bridgehead atoms. The fraction of sp³-hybridized carbons (Fsp3) is 0.0909. The van der Waals surface area contributed by atoms with Crippen molar-refractivity contribution >= 4 is 35.1 Å². The zero-order valence-corrected chi connectivity index (χ0v) is 9.16. The summed E-state index contributed by atoms with van der Waals surface area (Å²) in [7, 11) is -1.41. The molecule has 0 heterocycles. The molecule has 0 atom stereocenters. The highest BCUT2D eigenvalue weighted by atomic mass is 32.2. The van der Waals surface area contributed by atoms with Crippen LogP contribution in [-0.2, 0) is 0 Å². The Morgan fingerprint density at radius 1 is 1.07 bits per heavy atom. The lowest BCUT2D eigenvalue weighted by molar-refractivity contribution is 0.425. The summed E-state index contributed by atoms with van der Waals surface area (Å²) >= 11 is 1.53. The Labute approximate surface area is 93.1 Å². The molecule has 0 aliphatic rings. The van der Waals surface area contributed by atoms with Crippen LogP contribution < -0.4 is 5.46 Å². The van der Waals surface area contributed by atoms with Gasteiger partial charge in [0.15, 0.2) is 0 Å². The van der Waals surface area contributed by atoms with Gasteiger partial charge in [0.05, 0.1) is 0 Å². The quantitative estimate of drug-likeness (QED) is 0.588. The zero-order valence-electron chi connectivity index (χ0n) is 8.34. The van der Waals surface area contributed by atoms with Crippen molar-refractivity contribution in [2.24, 2.45) is 0 Å². The smallest absolute Gasteiger partial charge is 0.423 e. The molecule has 0 spiro atoms. The number of hydrogen-bond acceptors (Lipinski definition) is 3. The van der Waals surface area contributed by atoms with Crippen LogP contribution in [0.5, 0.6) is 0 Å². The molecular weight excluding hydrogens is 207 g/mol. The predicted molar refractivity (Wildman–Crippen MR) is 65.6 cm³/mol. The summed E-state index contributed by atoms with van der Waals surface area (Å²) in [4.78, 5) is 0.933. The monoisotopic (exact) mass is 218 g/mol. The van der Waals surface area contributed by atoms with Crippen molar-refractivity contribution in [3.8, 4) is 0 Å². The Bertz CT molecular complexity index is 485. The summed E-state index contributed by atoms with van der Waals surface area (Å²) in [5.41, 5.74) is 0.571. The second-order valence-electron chi connectivity index (χ2n) is 3.28. The van der Waals surface area contributed by atoms with E-state index in [4.69, 9.17) is 0 Å². The van der Waals surface area contributed by atoms with E-state index >= 15 is 0 Å². The predicted octanol–water partition coefficient (Wildman–Crippen LogP) is 1.24. The van der Waals surface area contributed by atoms with E-state index in [0.29, 0.717) is 5.46 Å². The molecule has 0 aliphatic carbocycles. The molecule has 76 valence electrons. The van der Waals surface area contributed by atoms with Gasteiger partial charge in [0.2, 0.25) is 0 Å². The minimum absolute atomic E-state index is 0.571. The molecule has 0 saturated carbocycles. The first kappa shape index (κ1) is 10.5. The molecule has 2 rings (SSSR count). The molecule has 0 radical (unpaired) electrons. The molecule has 2 nitrogen and oxygen atoms in total. The van der Waals surface area contributed by atoms with E-state index in [1.165, 1.54) is 11.8 Å². The molecule has 2 aromatic carbocycles. The Morgan fingerprint density at radius 2 is 1.80 bits per heavy atom. The Hall–Kier alpha value is -0.965. The van der Waals surface area contributed by atoms with Gasteiger partial charge < -0.3 is 10.0 Å². The molecule has 2 N–H and O–H groups in total. The fourth-order valence-corrected chi connectivity index (χ4v) is 2.51. The van der Waals surface area contributed by atoms with Crippen LogP contribution in [0.4, 0.5) is 0 Å². The maximum absolute atomic E-state index is 9.24. The van der Waals surface area contributed by atoms with Gasteiger partial charge in [-0.2, -0.15) is 0 Å². The summed E-state index contributed by atoms with van der Waals surface area (Å²) in [6, 6.07) is 11.6. The standard InChI is InChI=1S/C11H11BO2S/c1-15-11-9-5-3-2-4-8(9)6-7-10(11)12(13)14/h2-7,13-14H,1H3. The number of rotatable bonds is 2. The lowest BCUT2D eigenvalue weighted by Gasteiger charge is -2.09. The zero-order chi connectivity index (χ0) is 10.8. The first-order valence-electron chi connectivity index (χ1n) is 4.66. The van der Waals surface area contributed by atoms with Crippen LogP contribution in [0.25, 0.3) is 10.8 Å². The molecule has 0 fully saturated rings. The van der Waals surface area contributed by atoms with E-state index in [9.17, 15) is 10.0 Å². The van der Waals surface area contributed by atoms with E-state index in [-0.39, 0.29) is 0 Å². The molecule has 0 unspecified atom stereocenters. The summed E-state index contributed by atoms with van der Waals surface area (Å²) in [6.45, 7) is 0. The fourth-order valence-electron chi connectivity index (χ4n) is 1.69. The Balaban J connectivity index is 2.75. The third-order valence-electron chi connectivity index (χ3n) is 2.39. The molecule has 0 saturated heterocycles. The molecular formula is C11H11BO2S. The minimum atomic E-state index is -1.41. The van der Waals surface area contributed by atoms with Gasteiger partial charge in [-0.05, 0) is 22.5 Å². The molecule has 15 heavy (non-hydrogen) atoms. The summed E-state index contributed by atoms with van der Waals surface area (Å²) < 4.78 is 0. The highest BCUT2D eigenvalue weighted by Gasteiger charge is 2.17. The van der Waals surface area contributed by atoms with Gasteiger partial charge in [-0.3, -0.25) is 0 Å². The van der Waals surface area contributed by atoms with E-state index in [1.54, 1.807) is 6.07 Å². The largest absolute Gasteiger partial charge is 0.489 e. The van der Waals surface area contributed by atoms with Crippen molar-refractivity contribution in [3.63, 3.8) is 0 Å². The Morgan fingerprint density at radius 3 is 2.47 bits per heavy atom. The van der Waals surface area contributed by atoms with Gasteiger partial charge >= 0.3 is 7.12 Å². The SMILES string of the molecule is CSc1c(B(O)O)ccc2ccccc12. The Kier molecular flexibility index (Phi) is 3.00. The average molecular weight is 218 g/mol. The minimum Gasteiger partial charge on any atom is -0.423 e. The molecule has 4 heteroatoms. The van der Waals surface area contributed by atoms with Crippen LogP contribution in [0.1, 0.15) is 0 Å². The lowest BCUT2D eigenvalue weighted by atomic mass is 9.79. The first-order chi connectivity index (χ1) is 7.24. The van der Waals surface area contributed by atoms with Crippen molar-refractivity contribution in [1.82, 2.24) is 0 Å². The first-order valence-corrected chi connectivity index (χ1v) is 5.88. The number of fused-ring (bicyclic) bond motifs is 1. The van der Waals surface area contributed by atoms with Crippen molar-refractivity contribution in [3.05, 3.63) is 36.4 Å². The molecule has 0 aliphatic heterocycles. The molecule has 0 amide bonds. The molecule has 2 aromatic rings. The normalized spacial score (nSPS) is 10.6. The highest BCUT2D eigenvalue weighted by molar-refractivity contribution is 7.99. The van der Waals surface area contributed by atoms with Gasteiger partial charge in [0.1, 0.15) is 0 Å². The third kappa shape index (κ3) is 1.88. The van der Waals surface area contributed by atoms with E-state index in [1.807, 2.05) is 36.6 Å². The van der Waals surface area contributed by atoms with E-state index < -0.39 is 7.12 Å². The van der Waals surface area contributed by atoms with Crippen LogP contribution in [0.15, 0.2) is 41.3 Å². The van der Waals surface area contributed by atoms with Gasteiger partial charge in [0, 0.05) is 4.90 Å². The second-order valence-corrected chi connectivity index (χ2v) is 4.10. The summed E-state index contributed by atoms with van der Waals surface area (Å²) in [5, 5.41) is 20.7. The number of benzene rings is 2. The van der Waals surface area contributed by atoms with Crippen LogP contribution in [0.3, 0.4) is 0 Å². The van der Waals surface area contributed by atoms with Gasteiger partial charge in [-0.25, -0.2) is 0 Å². The lowest BCUT2D eigenvalue weighted by Crippen LogP contribution is -2.31. The number of thioether (sulfide) groups is 1. The van der Waals surface area contributed by atoms with Crippen LogP contribution in [0.2, 0.25) is 0 Å². The highest BCUT2D eigenvalue weighted by Crippen LogP contribution is 2.24. The summed E-state index contributed by atoms with van der Waals surface area (Å²) in [5.74, 6) is 0. The van der Waals surface area contributed by atoms with Crippen LogP contribution >= 0.6 is 11.8 Å². The van der Waals surface area contributed by atoms with Gasteiger partial charge in [-0.1, -0.05) is 36.4 Å². The average Bonchev–Trinajstić information content (AvgIpc) is 2.27. The van der Waals surface area contributed by atoms with E-state index in [0.717, 1.165) is 15.7 Å². The van der Waals surface area contributed by atoms with Crippen molar-refractivity contribution < 1.29 is 10.0 Å². The van der Waals surface area contributed by atoms with Crippen LogP contribution in [-0.4, -0.2) is 23.4 Å². The van der Waals surface area contributed by atoms with Gasteiger partial charge in [0.25, 0.3) is 0 Å². The van der Waals surface area contributed by atoms with Crippen LogP contribution in [0, 0.1) is 0 Å². The summed E-state index contributed by atoms with van der Waals surface area (Å²) in [6.07, 6.45) is 1.94. The maximum Gasteiger partial charge on any atom is 0.489 e. The second kappa shape index (κ2) is 4.27. The number of hydrogen-bond donors (Lipinski definition) is 2. The van der Waals surface area contributed by atoms with Crippen molar-refractivity contribution in [2.45, 2.75) is 4.90 Å². The van der Waals surface area contributed by atoms with Crippen molar-refractivity contribution in [1.29, 1.82) is 0 Å². The van der Waals surface area contributed by atoms with E-state index in [2.05, 4.69) is 0 Å². The molecule has 0 aromatic heterocycles. The third-order valence-corrected chi connectivity index (χ3v) is 3.26. The van der Waals surface area contributed by atoms with Crippen molar-refractivity contribution in [2.75, 3.05) is 6.26 Å². The van der Waals surface area contributed by atoms with Gasteiger partial charge in [-0.15, -0.1) is 11.8 Å². The maximum atomic E-state index is 9.24.